The van der Waals surface area contributed by atoms with Gasteiger partial charge in [-0.1, -0.05) is 65.3 Å². The maximum absolute atomic E-state index is 5.69. The molecule has 2 heteroatoms. The van der Waals surface area contributed by atoms with E-state index in [9.17, 15) is 0 Å². The van der Waals surface area contributed by atoms with E-state index in [-0.39, 0.29) is 17.6 Å². The van der Waals surface area contributed by atoms with Crippen molar-refractivity contribution in [1.82, 2.24) is 5.32 Å². The first-order valence-corrected chi connectivity index (χ1v) is 7.80. The second-order valence-corrected chi connectivity index (χ2v) is 6.47. The Morgan fingerprint density at radius 3 is 2.10 bits per heavy atom. The summed E-state index contributed by atoms with van der Waals surface area (Å²) in [7, 11) is 1.81. The van der Waals surface area contributed by atoms with E-state index < -0.39 is 0 Å². The zero-order chi connectivity index (χ0) is 15.2. The molecule has 0 spiro atoms. The van der Waals surface area contributed by atoms with Gasteiger partial charge >= 0.3 is 0 Å². The molecule has 0 saturated heterocycles. The second-order valence-electron chi connectivity index (χ2n) is 6.47. The van der Waals surface area contributed by atoms with Gasteiger partial charge < -0.3 is 10.1 Å². The lowest BCUT2D eigenvalue weighted by Crippen LogP contribution is -2.33. The number of hydrogen-bond acceptors (Lipinski definition) is 2. The van der Waals surface area contributed by atoms with Crippen LogP contribution >= 0.6 is 0 Å². The van der Waals surface area contributed by atoms with Gasteiger partial charge in [0.2, 0.25) is 0 Å². The smallest absolute Gasteiger partial charge is 0.0765 e. The second kappa shape index (κ2) is 7.80. The van der Waals surface area contributed by atoms with Crippen LogP contribution in [0.3, 0.4) is 0 Å². The molecule has 2 nitrogen and oxygen atoms in total. The Balaban J connectivity index is 2.97. The van der Waals surface area contributed by atoms with E-state index in [0.717, 1.165) is 19.4 Å². The van der Waals surface area contributed by atoms with Crippen molar-refractivity contribution in [2.75, 3.05) is 13.7 Å². The molecule has 0 aliphatic heterocycles. The molecule has 0 radical (unpaired) electrons. The average Bonchev–Trinajstić information content (AvgIpc) is 2.42. The summed E-state index contributed by atoms with van der Waals surface area (Å²) in [6.45, 7) is 12.1. The maximum atomic E-state index is 5.69. The van der Waals surface area contributed by atoms with E-state index in [0.29, 0.717) is 0 Å². The summed E-state index contributed by atoms with van der Waals surface area (Å²) in [4.78, 5) is 0. The number of nitrogens with one attached hydrogen (secondary N) is 1. The van der Waals surface area contributed by atoms with Gasteiger partial charge in [0.15, 0.2) is 0 Å². The highest BCUT2D eigenvalue weighted by Gasteiger charge is 2.22. The minimum Gasteiger partial charge on any atom is -0.379 e. The molecule has 1 aromatic rings. The first-order valence-electron chi connectivity index (χ1n) is 7.80. The van der Waals surface area contributed by atoms with Crippen molar-refractivity contribution in [3.63, 3.8) is 0 Å². The number of likely N-dealkylation sites (N-methyl/N-ethyl adjacent to an activating group) is 1. The fourth-order valence-electron chi connectivity index (χ4n) is 2.58. The molecule has 1 N–H and O–H groups in total. The van der Waals surface area contributed by atoms with Crippen LogP contribution in [-0.4, -0.2) is 19.8 Å². The van der Waals surface area contributed by atoms with Gasteiger partial charge in [-0.3, -0.25) is 0 Å². The lowest BCUT2D eigenvalue weighted by Gasteiger charge is -2.28. The van der Waals surface area contributed by atoms with Crippen molar-refractivity contribution in [3.8, 4) is 0 Å². The van der Waals surface area contributed by atoms with E-state index in [4.69, 9.17) is 4.74 Å². The van der Waals surface area contributed by atoms with E-state index >= 15 is 0 Å². The predicted octanol–water partition coefficient (Wildman–Crippen LogP) is 4.45. The summed E-state index contributed by atoms with van der Waals surface area (Å²) in [5, 5.41) is 3.57. The first-order chi connectivity index (χ1) is 9.43. The van der Waals surface area contributed by atoms with E-state index in [1.165, 1.54) is 11.1 Å². The predicted molar refractivity (Wildman–Crippen MR) is 87.3 cm³/mol. The summed E-state index contributed by atoms with van der Waals surface area (Å²) in [5.41, 5.74) is 2.90. The molecule has 0 aliphatic rings. The fraction of sp³-hybridized carbons (Fsp3) is 0.667. The van der Waals surface area contributed by atoms with E-state index in [2.05, 4.69) is 64.2 Å². The van der Waals surface area contributed by atoms with Crippen LogP contribution in [0.15, 0.2) is 24.3 Å². The minimum atomic E-state index is 0.205. The Bertz CT molecular complexity index is 377. The molecule has 0 saturated carbocycles. The SMILES string of the molecule is CCCC(OC)C(NCC)c1ccc(C(C)(C)C)cc1. The van der Waals surface area contributed by atoms with Gasteiger partial charge in [0, 0.05) is 7.11 Å². The average molecular weight is 277 g/mol. The van der Waals surface area contributed by atoms with E-state index in [1.807, 2.05) is 7.11 Å². The van der Waals surface area contributed by atoms with Gasteiger partial charge in [0.1, 0.15) is 0 Å². The molecule has 0 amide bonds. The quantitative estimate of drug-likeness (QED) is 0.795. The molecular weight excluding hydrogens is 246 g/mol. The van der Waals surface area contributed by atoms with Crippen LogP contribution in [0.4, 0.5) is 0 Å². The van der Waals surface area contributed by atoms with Crippen molar-refractivity contribution in [2.45, 2.75) is 65.0 Å². The van der Waals surface area contributed by atoms with Crippen LogP contribution in [0.5, 0.6) is 0 Å². The third kappa shape index (κ3) is 4.60. The summed E-state index contributed by atoms with van der Waals surface area (Å²) >= 11 is 0. The third-order valence-electron chi connectivity index (χ3n) is 3.81. The van der Waals surface area contributed by atoms with Crippen molar-refractivity contribution >= 4 is 0 Å². The van der Waals surface area contributed by atoms with Crippen molar-refractivity contribution in [1.29, 1.82) is 0 Å². The van der Waals surface area contributed by atoms with Crippen LogP contribution in [0, 0.1) is 0 Å². The Hall–Kier alpha value is -0.860. The summed E-state index contributed by atoms with van der Waals surface area (Å²) < 4.78 is 5.69. The normalized spacial score (nSPS) is 15.1. The molecule has 1 aromatic carbocycles. The zero-order valence-corrected chi connectivity index (χ0v) is 14.0. The topological polar surface area (TPSA) is 21.3 Å². The van der Waals surface area contributed by atoms with Crippen molar-refractivity contribution < 1.29 is 4.74 Å². The first kappa shape index (κ1) is 17.2. The molecule has 114 valence electrons. The zero-order valence-electron chi connectivity index (χ0n) is 14.0. The summed E-state index contributed by atoms with van der Waals surface area (Å²) in [6, 6.07) is 9.26. The van der Waals surface area contributed by atoms with Crippen LogP contribution in [0.2, 0.25) is 0 Å². The molecule has 0 heterocycles. The van der Waals surface area contributed by atoms with Crippen LogP contribution in [0.25, 0.3) is 0 Å². The van der Waals surface area contributed by atoms with Gasteiger partial charge in [-0.25, -0.2) is 0 Å². The Morgan fingerprint density at radius 1 is 1.10 bits per heavy atom. The number of methoxy groups -OCH3 is 1. The maximum Gasteiger partial charge on any atom is 0.0765 e. The molecule has 0 aromatic heterocycles. The van der Waals surface area contributed by atoms with Gasteiger partial charge in [0.25, 0.3) is 0 Å². The van der Waals surface area contributed by atoms with Crippen LogP contribution in [0.1, 0.15) is 64.6 Å². The molecule has 0 fully saturated rings. The molecule has 2 unspecified atom stereocenters. The Labute approximate surface area is 124 Å². The lowest BCUT2D eigenvalue weighted by atomic mass is 9.85. The summed E-state index contributed by atoms with van der Waals surface area (Å²) in [5.74, 6) is 0. The van der Waals surface area contributed by atoms with Crippen LogP contribution in [-0.2, 0) is 10.2 Å². The molecular formula is C18H31NO. The summed E-state index contributed by atoms with van der Waals surface area (Å²) in [6.07, 6.45) is 2.45. The molecule has 20 heavy (non-hydrogen) atoms. The number of ether oxygens (including phenoxy) is 1. The fourth-order valence-corrected chi connectivity index (χ4v) is 2.58. The number of benzene rings is 1. The van der Waals surface area contributed by atoms with Gasteiger partial charge in [0.05, 0.1) is 12.1 Å². The molecule has 2 atom stereocenters. The molecule has 0 bridgehead atoms. The van der Waals surface area contributed by atoms with E-state index in [1.54, 1.807) is 0 Å². The van der Waals surface area contributed by atoms with Gasteiger partial charge in [-0.15, -0.1) is 0 Å². The van der Waals surface area contributed by atoms with Crippen molar-refractivity contribution in [3.05, 3.63) is 35.4 Å². The number of hydrogen-bond donors (Lipinski definition) is 1. The highest BCUT2D eigenvalue weighted by molar-refractivity contribution is 5.29. The minimum absolute atomic E-state index is 0.205. The Morgan fingerprint density at radius 2 is 1.70 bits per heavy atom. The number of rotatable bonds is 7. The highest BCUT2D eigenvalue weighted by atomic mass is 16.5. The standard InChI is InChI=1S/C18H31NO/c1-7-9-16(20-6)17(19-8-2)14-10-12-15(13-11-14)18(3,4)5/h10-13,16-17,19H,7-9H2,1-6H3. The van der Waals surface area contributed by atoms with Crippen molar-refractivity contribution in [2.24, 2.45) is 0 Å². The molecule has 0 aliphatic carbocycles. The monoisotopic (exact) mass is 277 g/mol. The Kier molecular flexibility index (Phi) is 6.70. The third-order valence-corrected chi connectivity index (χ3v) is 3.81. The van der Waals surface area contributed by atoms with Gasteiger partial charge in [-0.2, -0.15) is 0 Å². The van der Waals surface area contributed by atoms with Crippen LogP contribution < -0.4 is 5.32 Å². The molecule has 1 rings (SSSR count). The highest BCUT2D eigenvalue weighted by Crippen LogP contribution is 2.27. The lowest BCUT2D eigenvalue weighted by molar-refractivity contribution is 0.0611. The largest absolute Gasteiger partial charge is 0.379 e. The van der Waals surface area contributed by atoms with Gasteiger partial charge in [-0.05, 0) is 29.5 Å².